The third-order valence-electron chi connectivity index (χ3n) is 4.06. The van der Waals surface area contributed by atoms with E-state index in [9.17, 15) is 0 Å². The van der Waals surface area contributed by atoms with Gasteiger partial charge in [0.05, 0.1) is 12.5 Å². The Morgan fingerprint density at radius 3 is 2.24 bits per heavy atom. The van der Waals surface area contributed by atoms with Crippen LogP contribution >= 0.6 is 34.8 Å². The molecular formula is C21H23Cl3N4O. The number of aromatic nitrogens is 3. The van der Waals surface area contributed by atoms with Gasteiger partial charge in [-0.15, -0.1) is 0 Å². The summed E-state index contributed by atoms with van der Waals surface area (Å²) in [5, 5.41) is 0. The molecule has 0 aliphatic carbocycles. The van der Waals surface area contributed by atoms with Crippen LogP contribution in [0, 0.1) is 6.92 Å². The monoisotopic (exact) mass is 452 g/mol. The van der Waals surface area contributed by atoms with Crippen molar-refractivity contribution in [1.82, 2.24) is 15.0 Å². The quantitative estimate of drug-likeness (QED) is 0.424. The van der Waals surface area contributed by atoms with Gasteiger partial charge in [0, 0.05) is 18.8 Å². The molecule has 0 saturated carbocycles. The SMILES string of the molecule is CCN(CC)c1ccc(C=Cc2ncnc(C(Cl)(Cl)Cl)n2)c(C)c1.c1ccoc1. The van der Waals surface area contributed by atoms with E-state index in [0.29, 0.717) is 5.82 Å². The maximum Gasteiger partial charge on any atom is 0.250 e. The zero-order chi connectivity index (χ0) is 21.3. The second-order valence-corrected chi connectivity index (χ2v) is 8.29. The van der Waals surface area contributed by atoms with Crippen LogP contribution in [0.5, 0.6) is 0 Å². The fourth-order valence-corrected chi connectivity index (χ4v) is 2.82. The molecule has 0 spiro atoms. The Bertz CT molecular complexity index is 887. The predicted octanol–water partition coefficient (Wildman–Crippen LogP) is 6.30. The molecule has 0 fully saturated rings. The Hall–Kier alpha value is -2.08. The molecule has 2 aromatic heterocycles. The number of aryl methyl sites for hydroxylation is 1. The van der Waals surface area contributed by atoms with E-state index in [1.165, 1.54) is 17.6 Å². The third-order valence-corrected chi connectivity index (χ3v) is 4.57. The van der Waals surface area contributed by atoms with Gasteiger partial charge < -0.3 is 9.32 Å². The summed E-state index contributed by atoms with van der Waals surface area (Å²) in [6.45, 7) is 8.34. The van der Waals surface area contributed by atoms with Crippen molar-refractivity contribution >= 4 is 52.6 Å². The lowest BCUT2D eigenvalue weighted by atomic mass is 10.1. The molecule has 154 valence electrons. The molecule has 0 aliphatic heterocycles. The van der Waals surface area contributed by atoms with E-state index in [2.05, 4.69) is 63.2 Å². The molecule has 0 bridgehead atoms. The number of hydrogen-bond donors (Lipinski definition) is 0. The van der Waals surface area contributed by atoms with Gasteiger partial charge >= 0.3 is 0 Å². The van der Waals surface area contributed by atoms with Crippen LogP contribution in [0.4, 0.5) is 5.69 Å². The number of alkyl halides is 3. The molecule has 0 N–H and O–H groups in total. The lowest BCUT2D eigenvalue weighted by Gasteiger charge is -2.21. The Labute approximate surface area is 186 Å². The molecule has 8 heteroatoms. The number of anilines is 1. The maximum atomic E-state index is 5.80. The molecule has 29 heavy (non-hydrogen) atoms. The summed E-state index contributed by atoms with van der Waals surface area (Å²) in [5.74, 6) is 0.550. The Morgan fingerprint density at radius 2 is 1.72 bits per heavy atom. The Morgan fingerprint density at radius 1 is 1.03 bits per heavy atom. The molecule has 0 unspecified atom stereocenters. The van der Waals surface area contributed by atoms with E-state index in [4.69, 9.17) is 34.8 Å². The fourth-order valence-electron chi connectivity index (χ4n) is 2.55. The van der Waals surface area contributed by atoms with Crippen LogP contribution in [-0.4, -0.2) is 28.0 Å². The van der Waals surface area contributed by atoms with Gasteiger partial charge in [0.2, 0.25) is 3.79 Å². The average molecular weight is 454 g/mol. The normalized spacial score (nSPS) is 11.2. The van der Waals surface area contributed by atoms with E-state index in [1.54, 1.807) is 18.6 Å². The number of hydrogen-bond acceptors (Lipinski definition) is 5. The highest BCUT2D eigenvalue weighted by Gasteiger charge is 2.26. The summed E-state index contributed by atoms with van der Waals surface area (Å²) >= 11 is 17.4. The van der Waals surface area contributed by atoms with Crippen LogP contribution in [0.15, 0.2) is 53.6 Å². The minimum atomic E-state index is -1.66. The summed E-state index contributed by atoms with van der Waals surface area (Å²) in [6.07, 6.45) is 8.31. The zero-order valence-corrected chi connectivity index (χ0v) is 18.8. The molecular weight excluding hydrogens is 431 g/mol. The van der Waals surface area contributed by atoms with E-state index in [-0.39, 0.29) is 5.82 Å². The van der Waals surface area contributed by atoms with E-state index in [0.717, 1.165) is 18.7 Å². The van der Waals surface area contributed by atoms with Gasteiger partial charge in [0.1, 0.15) is 6.33 Å². The highest BCUT2D eigenvalue weighted by molar-refractivity contribution is 6.66. The van der Waals surface area contributed by atoms with E-state index >= 15 is 0 Å². The van der Waals surface area contributed by atoms with Crippen molar-refractivity contribution in [2.24, 2.45) is 0 Å². The van der Waals surface area contributed by atoms with Crippen LogP contribution in [-0.2, 0) is 3.79 Å². The molecule has 2 heterocycles. The first kappa shape index (κ1) is 23.2. The Balaban J connectivity index is 0.000000521. The van der Waals surface area contributed by atoms with Crippen LogP contribution < -0.4 is 4.90 Å². The lowest BCUT2D eigenvalue weighted by Crippen LogP contribution is -2.21. The minimum absolute atomic E-state index is 0.107. The van der Waals surface area contributed by atoms with Crippen LogP contribution in [0.25, 0.3) is 12.2 Å². The van der Waals surface area contributed by atoms with Crippen LogP contribution in [0.2, 0.25) is 0 Å². The van der Waals surface area contributed by atoms with Crippen LogP contribution in [0.1, 0.15) is 36.6 Å². The van der Waals surface area contributed by atoms with Gasteiger partial charge in [-0.25, -0.2) is 15.0 Å². The van der Waals surface area contributed by atoms with Crippen molar-refractivity contribution in [1.29, 1.82) is 0 Å². The van der Waals surface area contributed by atoms with Crippen molar-refractivity contribution in [2.75, 3.05) is 18.0 Å². The molecule has 0 atom stereocenters. The molecule has 3 rings (SSSR count). The predicted molar refractivity (Wildman–Crippen MR) is 121 cm³/mol. The van der Waals surface area contributed by atoms with Gasteiger partial charge in [0.25, 0.3) is 0 Å². The lowest BCUT2D eigenvalue weighted by molar-refractivity contribution is 0.567. The average Bonchev–Trinajstić information content (AvgIpc) is 3.28. The zero-order valence-electron chi connectivity index (χ0n) is 16.5. The first-order chi connectivity index (χ1) is 13.8. The van der Waals surface area contributed by atoms with Crippen molar-refractivity contribution in [3.63, 3.8) is 0 Å². The fraction of sp³-hybridized carbons (Fsp3) is 0.286. The van der Waals surface area contributed by atoms with Crippen molar-refractivity contribution in [3.8, 4) is 0 Å². The summed E-state index contributed by atoms with van der Waals surface area (Å²) < 4.78 is 2.92. The first-order valence-corrected chi connectivity index (χ1v) is 10.3. The molecule has 5 nitrogen and oxygen atoms in total. The standard InChI is InChI=1S/C17H19Cl3N4.C4H4O/c1-4-24(5-2)14-8-6-13(12(3)10-14)7-9-15-21-11-22-16(23-15)17(18,19)20;1-2-4-5-3-1/h6-11H,4-5H2,1-3H3;1-4H. The molecule has 1 aromatic carbocycles. The number of halogens is 3. The number of furan rings is 1. The van der Waals surface area contributed by atoms with Gasteiger partial charge in [-0.05, 0) is 62.2 Å². The van der Waals surface area contributed by atoms with Crippen molar-refractivity contribution in [2.45, 2.75) is 24.6 Å². The highest BCUT2D eigenvalue weighted by atomic mass is 35.6. The highest BCUT2D eigenvalue weighted by Crippen LogP contribution is 2.35. The molecule has 3 aromatic rings. The van der Waals surface area contributed by atoms with Gasteiger partial charge in [-0.2, -0.15) is 0 Å². The second-order valence-electron chi connectivity index (χ2n) is 6.00. The van der Waals surface area contributed by atoms with Gasteiger partial charge in [0.15, 0.2) is 11.6 Å². The summed E-state index contributed by atoms with van der Waals surface area (Å²) in [5.41, 5.74) is 3.47. The first-order valence-electron chi connectivity index (χ1n) is 9.12. The maximum absolute atomic E-state index is 5.80. The van der Waals surface area contributed by atoms with E-state index < -0.39 is 3.79 Å². The van der Waals surface area contributed by atoms with Gasteiger partial charge in [-0.3, -0.25) is 0 Å². The molecule has 0 radical (unpaired) electrons. The molecule has 0 saturated heterocycles. The minimum Gasteiger partial charge on any atom is -0.473 e. The van der Waals surface area contributed by atoms with Crippen molar-refractivity contribution < 1.29 is 4.42 Å². The molecule has 0 aliphatic rings. The largest absolute Gasteiger partial charge is 0.473 e. The molecule has 0 amide bonds. The smallest absolute Gasteiger partial charge is 0.250 e. The number of rotatable bonds is 5. The second kappa shape index (κ2) is 11.2. The summed E-state index contributed by atoms with van der Waals surface area (Å²) in [6, 6.07) is 10.0. The summed E-state index contributed by atoms with van der Waals surface area (Å²) in [4.78, 5) is 14.4. The number of benzene rings is 1. The summed E-state index contributed by atoms with van der Waals surface area (Å²) in [7, 11) is 0. The third kappa shape index (κ3) is 7.35. The van der Waals surface area contributed by atoms with E-state index in [1.807, 2.05) is 18.2 Å². The number of nitrogens with zero attached hydrogens (tertiary/aromatic N) is 4. The van der Waals surface area contributed by atoms with Crippen LogP contribution in [0.3, 0.4) is 0 Å². The topological polar surface area (TPSA) is 55.1 Å². The Kier molecular flexibility index (Phi) is 8.96. The van der Waals surface area contributed by atoms with Gasteiger partial charge in [-0.1, -0.05) is 46.9 Å². The van der Waals surface area contributed by atoms with Crippen molar-refractivity contribution in [3.05, 3.63) is 72.0 Å².